The molecule has 2 atom stereocenters. The lowest BCUT2D eigenvalue weighted by Crippen LogP contribution is -2.55. The minimum atomic E-state index is -0.508. The van der Waals surface area contributed by atoms with E-state index in [1.807, 2.05) is 6.92 Å². The quantitative estimate of drug-likeness (QED) is 0.823. The largest absolute Gasteiger partial charge is 0.390 e. The fraction of sp³-hybridized carbons (Fsp3) is 0.750. The third kappa shape index (κ3) is 4.73. The average molecular weight is 338 g/mol. The standard InChI is InChI=1S/C16H26N4O2S/c1-12-17-13(11-23-12)8-20-7-4-14(15(21)9-20)18-16(22)10-19-5-2-3-6-19/h11,14-15,21H,2-10H2,1H3,(H,18,22)/t14-,15-/m1/s1. The van der Waals surface area contributed by atoms with E-state index in [9.17, 15) is 9.90 Å². The van der Waals surface area contributed by atoms with Gasteiger partial charge in [-0.05, 0) is 39.3 Å². The van der Waals surface area contributed by atoms with Crippen LogP contribution in [0.15, 0.2) is 5.38 Å². The van der Waals surface area contributed by atoms with Crippen LogP contribution in [0.2, 0.25) is 0 Å². The van der Waals surface area contributed by atoms with Gasteiger partial charge in [0.25, 0.3) is 0 Å². The number of hydrogen-bond donors (Lipinski definition) is 2. The van der Waals surface area contributed by atoms with E-state index in [2.05, 4.69) is 25.5 Å². The van der Waals surface area contributed by atoms with Crippen LogP contribution in [0.3, 0.4) is 0 Å². The van der Waals surface area contributed by atoms with Crippen LogP contribution in [0.1, 0.15) is 30.0 Å². The first-order valence-electron chi connectivity index (χ1n) is 8.43. The van der Waals surface area contributed by atoms with Crippen LogP contribution in [0, 0.1) is 6.92 Å². The van der Waals surface area contributed by atoms with E-state index in [0.29, 0.717) is 13.1 Å². The Hall–Kier alpha value is -1.02. The van der Waals surface area contributed by atoms with Crippen molar-refractivity contribution in [3.63, 3.8) is 0 Å². The maximum atomic E-state index is 12.1. The zero-order valence-electron chi connectivity index (χ0n) is 13.7. The first kappa shape index (κ1) is 16.8. The molecule has 0 saturated carbocycles. The first-order chi connectivity index (χ1) is 11.1. The maximum Gasteiger partial charge on any atom is 0.234 e. The molecule has 2 aliphatic rings. The van der Waals surface area contributed by atoms with Gasteiger partial charge < -0.3 is 10.4 Å². The molecule has 1 aromatic heterocycles. The number of nitrogens with one attached hydrogen (secondary N) is 1. The van der Waals surface area contributed by atoms with Gasteiger partial charge in [0.1, 0.15) is 0 Å². The molecule has 1 amide bonds. The van der Waals surface area contributed by atoms with E-state index in [4.69, 9.17) is 0 Å². The molecule has 2 N–H and O–H groups in total. The number of aliphatic hydroxyl groups is 1. The molecule has 3 heterocycles. The zero-order valence-corrected chi connectivity index (χ0v) is 14.5. The molecule has 2 aliphatic heterocycles. The fourth-order valence-corrected chi connectivity index (χ4v) is 4.02. The lowest BCUT2D eigenvalue weighted by Gasteiger charge is -2.36. The molecular weight excluding hydrogens is 312 g/mol. The molecule has 0 spiro atoms. The highest BCUT2D eigenvalue weighted by molar-refractivity contribution is 7.09. The van der Waals surface area contributed by atoms with Crippen LogP contribution in [-0.4, -0.2) is 70.7 Å². The van der Waals surface area contributed by atoms with E-state index in [-0.39, 0.29) is 11.9 Å². The van der Waals surface area contributed by atoms with Gasteiger partial charge in [0.15, 0.2) is 0 Å². The van der Waals surface area contributed by atoms with Crippen molar-refractivity contribution in [2.24, 2.45) is 0 Å². The van der Waals surface area contributed by atoms with Gasteiger partial charge in [0.2, 0.25) is 5.91 Å². The number of amides is 1. The van der Waals surface area contributed by atoms with Gasteiger partial charge in [0.05, 0.1) is 29.4 Å². The molecule has 7 heteroatoms. The van der Waals surface area contributed by atoms with Crippen molar-refractivity contribution in [1.29, 1.82) is 0 Å². The van der Waals surface area contributed by atoms with E-state index in [1.165, 1.54) is 12.8 Å². The Kier molecular flexibility index (Phi) is 5.63. The lowest BCUT2D eigenvalue weighted by molar-refractivity contribution is -0.124. The maximum absolute atomic E-state index is 12.1. The Bertz CT molecular complexity index is 530. The normalized spacial score (nSPS) is 26.5. The number of aliphatic hydroxyl groups excluding tert-OH is 1. The van der Waals surface area contributed by atoms with E-state index in [1.54, 1.807) is 11.3 Å². The summed E-state index contributed by atoms with van der Waals surface area (Å²) in [7, 11) is 0. The highest BCUT2D eigenvalue weighted by atomic mass is 32.1. The fourth-order valence-electron chi connectivity index (χ4n) is 3.42. The third-order valence-electron chi connectivity index (χ3n) is 4.63. The Morgan fingerprint density at radius 2 is 2.17 bits per heavy atom. The van der Waals surface area contributed by atoms with Crippen LogP contribution in [0.25, 0.3) is 0 Å². The summed E-state index contributed by atoms with van der Waals surface area (Å²) in [5.41, 5.74) is 1.07. The second-order valence-corrected chi connectivity index (χ2v) is 7.67. The average Bonchev–Trinajstić information content (AvgIpc) is 3.14. The smallest absolute Gasteiger partial charge is 0.234 e. The zero-order chi connectivity index (χ0) is 16.2. The Balaban J connectivity index is 1.43. The summed E-state index contributed by atoms with van der Waals surface area (Å²) in [6, 6.07) is -0.126. The summed E-state index contributed by atoms with van der Waals surface area (Å²) in [6.45, 7) is 6.74. The number of β-amino-alcohol motifs (C(OH)–C–C–N with tert-alkyl or cyclic N) is 1. The van der Waals surface area contributed by atoms with Crippen LogP contribution in [0.5, 0.6) is 0 Å². The molecule has 0 bridgehead atoms. The molecule has 23 heavy (non-hydrogen) atoms. The van der Waals surface area contributed by atoms with Crippen molar-refractivity contribution in [3.8, 4) is 0 Å². The van der Waals surface area contributed by atoms with Gasteiger partial charge in [-0.2, -0.15) is 0 Å². The molecule has 128 valence electrons. The second-order valence-electron chi connectivity index (χ2n) is 6.61. The monoisotopic (exact) mass is 338 g/mol. The van der Waals surface area contributed by atoms with Gasteiger partial charge in [-0.1, -0.05) is 0 Å². The van der Waals surface area contributed by atoms with Crippen LogP contribution in [0.4, 0.5) is 0 Å². The molecule has 1 aromatic rings. The summed E-state index contributed by atoms with van der Waals surface area (Å²) in [4.78, 5) is 21.0. The minimum Gasteiger partial charge on any atom is -0.390 e. The van der Waals surface area contributed by atoms with E-state index < -0.39 is 6.10 Å². The topological polar surface area (TPSA) is 68.7 Å². The molecule has 2 fully saturated rings. The first-order valence-corrected chi connectivity index (χ1v) is 9.31. The summed E-state index contributed by atoms with van der Waals surface area (Å²) in [5, 5.41) is 16.5. The van der Waals surface area contributed by atoms with Gasteiger partial charge >= 0.3 is 0 Å². The predicted octanol–water partition coefficient (Wildman–Crippen LogP) is 0.599. The van der Waals surface area contributed by atoms with Gasteiger partial charge in [-0.3, -0.25) is 14.6 Å². The van der Waals surface area contributed by atoms with Gasteiger partial charge in [-0.25, -0.2) is 4.98 Å². The predicted molar refractivity (Wildman–Crippen MR) is 90.4 cm³/mol. The van der Waals surface area contributed by atoms with Crippen molar-refractivity contribution < 1.29 is 9.90 Å². The van der Waals surface area contributed by atoms with E-state index in [0.717, 1.165) is 43.3 Å². The van der Waals surface area contributed by atoms with Crippen molar-refractivity contribution in [2.45, 2.75) is 44.9 Å². The number of carbonyl (C=O) groups is 1. The van der Waals surface area contributed by atoms with Crippen LogP contribution in [-0.2, 0) is 11.3 Å². The van der Waals surface area contributed by atoms with E-state index >= 15 is 0 Å². The molecule has 0 aromatic carbocycles. The third-order valence-corrected chi connectivity index (χ3v) is 5.45. The van der Waals surface area contributed by atoms with Crippen LogP contribution >= 0.6 is 11.3 Å². The number of hydrogen-bond acceptors (Lipinski definition) is 6. The minimum absolute atomic E-state index is 0.0412. The van der Waals surface area contributed by atoms with Gasteiger partial charge in [0, 0.05) is 25.0 Å². The van der Waals surface area contributed by atoms with Crippen LogP contribution < -0.4 is 5.32 Å². The summed E-state index contributed by atoms with van der Waals surface area (Å²) >= 11 is 1.66. The summed E-state index contributed by atoms with van der Waals surface area (Å²) in [6.07, 6.45) is 2.65. The molecular formula is C16H26N4O2S. The second kappa shape index (κ2) is 7.70. The summed E-state index contributed by atoms with van der Waals surface area (Å²) < 4.78 is 0. The molecule has 0 radical (unpaired) electrons. The SMILES string of the molecule is Cc1nc(CN2CC[C@@H](NC(=O)CN3CCCC3)[C@H](O)C2)cs1. The van der Waals surface area contributed by atoms with Crippen molar-refractivity contribution >= 4 is 17.2 Å². The highest BCUT2D eigenvalue weighted by Gasteiger charge is 2.29. The number of thiazole rings is 1. The highest BCUT2D eigenvalue weighted by Crippen LogP contribution is 2.16. The number of carbonyl (C=O) groups excluding carboxylic acids is 1. The molecule has 2 saturated heterocycles. The van der Waals surface area contributed by atoms with Crippen molar-refractivity contribution in [2.75, 3.05) is 32.7 Å². The Morgan fingerprint density at radius 1 is 1.39 bits per heavy atom. The number of piperidine rings is 1. The molecule has 3 rings (SSSR count). The lowest BCUT2D eigenvalue weighted by atomic mass is 10.0. The molecule has 6 nitrogen and oxygen atoms in total. The summed E-state index contributed by atoms with van der Waals surface area (Å²) in [5.74, 6) is 0.0412. The molecule has 0 aliphatic carbocycles. The number of likely N-dealkylation sites (tertiary alicyclic amines) is 2. The Morgan fingerprint density at radius 3 is 2.83 bits per heavy atom. The van der Waals surface area contributed by atoms with Gasteiger partial charge in [-0.15, -0.1) is 11.3 Å². The Labute approximate surface area is 141 Å². The number of nitrogens with zero attached hydrogens (tertiary/aromatic N) is 3. The molecule has 0 unspecified atom stereocenters. The van der Waals surface area contributed by atoms with Crippen molar-refractivity contribution in [1.82, 2.24) is 20.1 Å². The van der Waals surface area contributed by atoms with Crippen molar-refractivity contribution in [3.05, 3.63) is 16.1 Å². The number of rotatable bonds is 5. The number of aryl methyl sites for hydroxylation is 1. The number of aromatic nitrogens is 1.